The number of nitrogens with one attached hydrogen (secondary N) is 2. The van der Waals surface area contributed by atoms with Crippen LogP contribution in [0.25, 0.3) is 0 Å². The van der Waals surface area contributed by atoms with E-state index in [1.54, 1.807) is 18.4 Å². The highest BCUT2D eigenvalue weighted by atomic mass is 32.1. The van der Waals surface area contributed by atoms with Gasteiger partial charge >= 0.3 is 0 Å². The maximum absolute atomic E-state index is 5.27. The van der Waals surface area contributed by atoms with Crippen molar-refractivity contribution in [3.8, 4) is 0 Å². The highest BCUT2D eigenvalue weighted by molar-refractivity contribution is 7.09. The van der Waals surface area contributed by atoms with Crippen molar-refractivity contribution < 1.29 is 4.74 Å². The minimum absolute atomic E-state index is 0.124. The second-order valence-corrected chi connectivity index (χ2v) is 9.02. The predicted octanol–water partition coefficient (Wildman–Crippen LogP) is 3.35. The summed E-state index contributed by atoms with van der Waals surface area (Å²) < 4.78 is 5.27. The van der Waals surface area contributed by atoms with Gasteiger partial charge in [-0.1, -0.05) is 27.2 Å². The molecular weight excluding hydrogens is 332 g/mol. The van der Waals surface area contributed by atoms with E-state index in [4.69, 9.17) is 9.72 Å². The van der Waals surface area contributed by atoms with Crippen molar-refractivity contribution in [3.63, 3.8) is 0 Å². The molecule has 0 aromatic carbocycles. The van der Waals surface area contributed by atoms with E-state index in [2.05, 4.69) is 41.8 Å². The highest BCUT2D eigenvalue weighted by Crippen LogP contribution is 2.43. The maximum Gasteiger partial charge on any atom is 0.191 e. The van der Waals surface area contributed by atoms with Gasteiger partial charge in [-0.3, -0.25) is 4.99 Å². The van der Waals surface area contributed by atoms with Crippen molar-refractivity contribution >= 4 is 17.3 Å². The molecule has 1 saturated carbocycles. The third kappa shape index (κ3) is 5.96. The Morgan fingerprint density at radius 1 is 1.36 bits per heavy atom. The van der Waals surface area contributed by atoms with Gasteiger partial charge in [0.05, 0.1) is 10.7 Å². The van der Waals surface area contributed by atoms with E-state index in [1.165, 1.54) is 30.0 Å². The molecule has 2 rings (SSSR count). The maximum atomic E-state index is 5.27. The Hall–Kier alpha value is -1.14. The summed E-state index contributed by atoms with van der Waals surface area (Å²) in [5.74, 6) is 0.885. The summed E-state index contributed by atoms with van der Waals surface area (Å²) in [5.41, 5.74) is 1.70. The first-order valence-corrected chi connectivity index (χ1v) is 10.1. The standard InChI is InChI=1S/C19H34N4OS/c1-18(2,3)15-13-25-16(23-15)7-11-21-17(20-4)22-14-19(8-6-9-19)10-12-24-5/h13H,6-12,14H2,1-5H3,(H2,20,21,22). The second kappa shape index (κ2) is 8.99. The summed E-state index contributed by atoms with van der Waals surface area (Å²) in [4.78, 5) is 9.10. The lowest BCUT2D eigenvalue weighted by molar-refractivity contribution is 0.0732. The van der Waals surface area contributed by atoms with Gasteiger partial charge < -0.3 is 15.4 Å². The van der Waals surface area contributed by atoms with Crippen LogP contribution in [0, 0.1) is 5.41 Å². The average Bonchev–Trinajstić information content (AvgIpc) is 3.01. The summed E-state index contributed by atoms with van der Waals surface area (Å²) in [6, 6.07) is 0. The monoisotopic (exact) mass is 366 g/mol. The van der Waals surface area contributed by atoms with E-state index >= 15 is 0 Å². The molecule has 2 N–H and O–H groups in total. The normalized spacial score (nSPS) is 17.2. The minimum atomic E-state index is 0.124. The van der Waals surface area contributed by atoms with Crippen molar-refractivity contribution in [3.05, 3.63) is 16.1 Å². The quantitative estimate of drug-likeness (QED) is 0.547. The number of aliphatic imine (C=N–C) groups is 1. The van der Waals surface area contributed by atoms with Crippen LogP contribution in [0.2, 0.25) is 0 Å². The van der Waals surface area contributed by atoms with Crippen LogP contribution >= 0.6 is 11.3 Å². The number of guanidine groups is 1. The largest absolute Gasteiger partial charge is 0.385 e. The number of methoxy groups -OCH3 is 1. The van der Waals surface area contributed by atoms with E-state index in [0.29, 0.717) is 5.41 Å². The third-order valence-corrected chi connectivity index (χ3v) is 5.97. The van der Waals surface area contributed by atoms with Gasteiger partial charge in [-0.15, -0.1) is 11.3 Å². The zero-order chi connectivity index (χ0) is 18.3. The number of thiazole rings is 1. The molecule has 0 bridgehead atoms. The fraction of sp³-hybridized carbons (Fsp3) is 0.789. The van der Waals surface area contributed by atoms with Gasteiger partial charge in [-0.2, -0.15) is 0 Å². The number of ether oxygens (including phenoxy) is 1. The number of nitrogens with zero attached hydrogens (tertiary/aromatic N) is 2. The molecule has 0 amide bonds. The van der Waals surface area contributed by atoms with Gasteiger partial charge in [0, 0.05) is 51.1 Å². The van der Waals surface area contributed by atoms with Gasteiger partial charge in [0.1, 0.15) is 0 Å². The predicted molar refractivity (Wildman–Crippen MR) is 107 cm³/mol. The molecule has 5 nitrogen and oxygen atoms in total. The third-order valence-electron chi connectivity index (χ3n) is 5.06. The van der Waals surface area contributed by atoms with Gasteiger partial charge in [0.15, 0.2) is 5.96 Å². The summed E-state index contributed by atoms with van der Waals surface area (Å²) in [6.07, 6.45) is 5.96. The highest BCUT2D eigenvalue weighted by Gasteiger charge is 2.36. The molecule has 1 aromatic heterocycles. The fourth-order valence-corrected chi connectivity index (χ4v) is 4.09. The first-order valence-electron chi connectivity index (χ1n) is 9.27. The smallest absolute Gasteiger partial charge is 0.191 e. The van der Waals surface area contributed by atoms with Crippen LogP contribution in [-0.4, -0.2) is 44.8 Å². The molecule has 1 aliphatic rings. The van der Waals surface area contributed by atoms with Crippen LogP contribution in [-0.2, 0) is 16.6 Å². The molecule has 25 heavy (non-hydrogen) atoms. The Labute approximate surface area is 156 Å². The number of aromatic nitrogens is 1. The first-order chi connectivity index (χ1) is 11.9. The molecule has 1 aromatic rings. The molecule has 0 saturated heterocycles. The Morgan fingerprint density at radius 3 is 2.64 bits per heavy atom. The SMILES string of the molecule is CN=C(NCCc1nc(C(C)(C)C)cs1)NCC1(CCOC)CCC1. The molecule has 0 radical (unpaired) electrons. The van der Waals surface area contributed by atoms with Crippen LogP contribution in [0.15, 0.2) is 10.4 Å². The number of rotatable bonds is 8. The van der Waals surface area contributed by atoms with Crippen LogP contribution in [0.4, 0.5) is 0 Å². The van der Waals surface area contributed by atoms with E-state index in [9.17, 15) is 0 Å². The molecule has 0 aliphatic heterocycles. The molecule has 0 atom stereocenters. The lowest BCUT2D eigenvalue weighted by Crippen LogP contribution is -2.47. The summed E-state index contributed by atoms with van der Waals surface area (Å²) >= 11 is 1.75. The summed E-state index contributed by atoms with van der Waals surface area (Å²) in [6.45, 7) is 9.28. The first kappa shape index (κ1) is 20.2. The lowest BCUT2D eigenvalue weighted by Gasteiger charge is -2.42. The summed E-state index contributed by atoms with van der Waals surface area (Å²) in [7, 11) is 3.61. The molecule has 1 fully saturated rings. The zero-order valence-electron chi connectivity index (χ0n) is 16.4. The molecular formula is C19H34N4OS. The average molecular weight is 367 g/mol. The van der Waals surface area contributed by atoms with Crippen LogP contribution < -0.4 is 10.6 Å². The van der Waals surface area contributed by atoms with Gasteiger partial charge in [0.2, 0.25) is 0 Å². The van der Waals surface area contributed by atoms with Crippen molar-refractivity contribution in [2.24, 2.45) is 10.4 Å². The molecule has 1 heterocycles. The van der Waals surface area contributed by atoms with E-state index in [-0.39, 0.29) is 5.41 Å². The van der Waals surface area contributed by atoms with Crippen LogP contribution in [0.3, 0.4) is 0 Å². The lowest BCUT2D eigenvalue weighted by atomic mass is 9.67. The fourth-order valence-electron chi connectivity index (χ4n) is 3.06. The molecule has 0 unspecified atom stereocenters. The Morgan fingerprint density at radius 2 is 2.12 bits per heavy atom. The Balaban J connectivity index is 1.74. The van der Waals surface area contributed by atoms with E-state index in [0.717, 1.165) is 38.5 Å². The Bertz CT molecular complexity index is 558. The van der Waals surface area contributed by atoms with E-state index < -0.39 is 0 Å². The van der Waals surface area contributed by atoms with Crippen LogP contribution in [0.5, 0.6) is 0 Å². The van der Waals surface area contributed by atoms with Crippen LogP contribution in [0.1, 0.15) is 57.2 Å². The molecule has 0 spiro atoms. The van der Waals surface area contributed by atoms with Gasteiger partial charge in [-0.25, -0.2) is 4.98 Å². The topological polar surface area (TPSA) is 58.5 Å². The molecule has 1 aliphatic carbocycles. The zero-order valence-corrected chi connectivity index (χ0v) is 17.3. The van der Waals surface area contributed by atoms with Crippen molar-refractivity contribution in [2.45, 2.75) is 58.3 Å². The minimum Gasteiger partial charge on any atom is -0.385 e. The number of hydrogen-bond donors (Lipinski definition) is 2. The Kier molecular flexibility index (Phi) is 7.25. The van der Waals surface area contributed by atoms with Gasteiger partial charge in [0.25, 0.3) is 0 Å². The van der Waals surface area contributed by atoms with E-state index in [1.807, 2.05) is 7.05 Å². The number of hydrogen-bond acceptors (Lipinski definition) is 4. The van der Waals surface area contributed by atoms with Gasteiger partial charge in [-0.05, 0) is 24.7 Å². The van der Waals surface area contributed by atoms with Crippen molar-refractivity contribution in [1.29, 1.82) is 0 Å². The summed E-state index contributed by atoms with van der Waals surface area (Å²) in [5, 5.41) is 10.3. The molecule has 6 heteroatoms. The van der Waals surface area contributed by atoms with Crippen molar-refractivity contribution in [1.82, 2.24) is 15.6 Å². The van der Waals surface area contributed by atoms with Crippen molar-refractivity contribution in [2.75, 3.05) is 33.9 Å². The molecule has 142 valence electrons. The second-order valence-electron chi connectivity index (χ2n) is 8.08.